The van der Waals surface area contributed by atoms with E-state index < -0.39 is 26.5 Å². The van der Waals surface area contributed by atoms with Gasteiger partial charge in [-0.2, -0.15) is 0 Å². The van der Waals surface area contributed by atoms with Crippen molar-refractivity contribution < 1.29 is 29.3 Å². The molecule has 1 aromatic rings. The van der Waals surface area contributed by atoms with Crippen LogP contribution in [-0.4, -0.2) is 58.7 Å². The Balaban J connectivity index is 2.14. The minimum atomic E-state index is -1.87. The van der Waals surface area contributed by atoms with E-state index in [-0.39, 0.29) is 23.8 Å². The van der Waals surface area contributed by atoms with Gasteiger partial charge < -0.3 is 24.6 Å². The minimum Gasteiger partial charge on any atom is -0.477 e. The molecule has 0 spiro atoms. The van der Waals surface area contributed by atoms with Crippen molar-refractivity contribution in [1.82, 2.24) is 9.88 Å². The summed E-state index contributed by atoms with van der Waals surface area (Å²) in [5.41, 5.74) is 1.49. The van der Waals surface area contributed by atoms with E-state index >= 15 is 0 Å². The molecule has 2 heterocycles. The van der Waals surface area contributed by atoms with Gasteiger partial charge in [0.15, 0.2) is 8.32 Å². The predicted octanol–water partition coefficient (Wildman–Crippen LogP) is 3.65. The predicted molar refractivity (Wildman–Crippen MR) is 111 cm³/mol. The molecule has 162 valence electrons. The molecular weight excluding hydrogens is 392 g/mol. The summed E-state index contributed by atoms with van der Waals surface area (Å²) in [4.78, 5) is 28.2. The number of nitrogens with zero attached hydrogens (tertiary/aromatic N) is 2. The van der Waals surface area contributed by atoms with Crippen molar-refractivity contribution in [2.24, 2.45) is 0 Å². The molecule has 0 saturated heterocycles. The number of aromatic carboxylic acids is 1. The van der Waals surface area contributed by atoms with Crippen LogP contribution in [0.3, 0.4) is 0 Å². The number of hydrogen-bond acceptors (Lipinski definition) is 5. The number of carboxylic acid groups (broad SMARTS) is 2. The molecule has 0 aromatic carbocycles. The Morgan fingerprint density at radius 2 is 1.97 bits per heavy atom. The third kappa shape index (κ3) is 5.55. The fourth-order valence-corrected chi connectivity index (χ4v) is 4.18. The fraction of sp³-hybridized carbons (Fsp3) is 0.650. The molecule has 0 aliphatic carbocycles. The highest BCUT2D eigenvalue weighted by Gasteiger charge is 2.37. The van der Waals surface area contributed by atoms with E-state index in [1.54, 1.807) is 0 Å². The van der Waals surface area contributed by atoms with Crippen LogP contribution in [0.15, 0.2) is 6.07 Å². The van der Waals surface area contributed by atoms with Crippen LogP contribution in [0.1, 0.15) is 67.0 Å². The fourth-order valence-electron chi connectivity index (χ4n) is 3.09. The first-order chi connectivity index (χ1) is 13.3. The van der Waals surface area contributed by atoms with Crippen molar-refractivity contribution in [3.05, 3.63) is 28.6 Å². The van der Waals surface area contributed by atoms with Crippen LogP contribution in [0, 0.1) is 0 Å². The highest BCUT2D eigenvalue weighted by atomic mass is 28.4. The van der Waals surface area contributed by atoms with Crippen molar-refractivity contribution in [2.75, 3.05) is 13.2 Å². The third-order valence-corrected chi connectivity index (χ3v) is 10.5. The van der Waals surface area contributed by atoms with Gasteiger partial charge in [-0.25, -0.2) is 14.6 Å². The van der Waals surface area contributed by atoms with E-state index in [0.29, 0.717) is 42.7 Å². The van der Waals surface area contributed by atoms with Gasteiger partial charge in [0.25, 0.3) is 0 Å². The molecule has 1 aliphatic rings. The van der Waals surface area contributed by atoms with Crippen LogP contribution in [0.2, 0.25) is 18.1 Å². The van der Waals surface area contributed by atoms with Gasteiger partial charge in [0, 0.05) is 25.3 Å². The Hall–Kier alpha value is -1.97. The zero-order valence-corrected chi connectivity index (χ0v) is 18.9. The molecular formula is C20H32N2O6Si. The molecule has 29 heavy (non-hydrogen) atoms. The first-order valence-electron chi connectivity index (χ1n) is 9.89. The lowest BCUT2D eigenvalue weighted by molar-refractivity contribution is 0.0688. The van der Waals surface area contributed by atoms with Crippen LogP contribution in [0.4, 0.5) is 4.79 Å². The van der Waals surface area contributed by atoms with Crippen LogP contribution in [0.5, 0.6) is 0 Å². The van der Waals surface area contributed by atoms with Gasteiger partial charge in [-0.15, -0.1) is 0 Å². The Kier molecular flexibility index (Phi) is 7.08. The summed E-state index contributed by atoms with van der Waals surface area (Å²) in [5, 5.41) is 29.5. The van der Waals surface area contributed by atoms with E-state index in [0.717, 1.165) is 0 Å². The highest BCUT2D eigenvalue weighted by Crippen LogP contribution is 2.37. The van der Waals surface area contributed by atoms with Crippen LogP contribution in [-0.2, 0) is 17.4 Å². The largest absolute Gasteiger partial charge is 0.477 e. The Morgan fingerprint density at radius 1 is 1.31 bits per heavy atom. The summed E-state index contributed by atoms with van der Waals surface area (Å²) >= 11 is 0. The Bertz CT molecular complexity index is 775. The van der Waals surface area contributed by atoms with Gasteiger partial charge in [-0.1, -0.05) is 20.8 Å². The molecule has 1 unspecified atom stereocenters. The van der Waals surface area contributed by atoms with E-state index in [9.17, 15) is 24.9 Å². The van der Waals surface area contributed by atoms with Gasteiger partial charge in [0.05, 0.1) is 12.6 Å². The number of rotatable bonds is 7. The number of aliphatic hydroxyl groups is 1. The molecule has 1 aliphatic heterocycles. The second-order valence-electron chi connectivity index (χ2n) is 9.05. The normalized spacial score (nSPS) is 15.7. The average molecular weight is 425 g/mol. The molecule has 9 heteroatoms. The van der Waals surface area contributed by atoms with Gasteiger partial charge in [-0.3, -0.25) is 0 Å². The molecule has 3 N–H and O–H groups in total. The molecule has 8 nitrogen and oxygen atoms in total. The highest BCUT2D eigenvalue weighted by molar-refractivity contribution is 6.74. The summed E-state index contributed by atoms with van der Waals surface area (Å²) in [5.74, 6) is -1.16. The monoisotopic (exact) mass is 424 g/mol. The summed E-state index contributed by atoms with van der Waals surface area (Å²) in [6.45, 7) is 11.7. The summed E-state index contributed by atoms with van der Waals surface area (Å²) < 4.78 is 6.14. The number of amides is 1. The molecule has 1 amide bonds. The van der Waals surface area contributed by atoms with Crippen LogP contribution < -0.4 is 0 Å². The molecule has 0 bridgehead atoms. The smallest absolute Gasteiger partial charge is 0.407 e. The number of hydrogen-bond donors (Lipinski definition) is 3. The van der Waals surface area contributed by atoms with Gasteiger partial charge in [0.2, 0.25) is 0 Å². The van der Waals surface area contributed by atoms with Gasteiger partial charge in [0.1, 0.15) is 5.69 Å². The molecule has 2 rings (SSSR count). The summed E-state index contributed by atoms with van der Waals surface area (Å²) in [7, 11) is -1.87. The van der Waals surface area contributed by atoms with Crippen molar-refractivity contribution in [3.63, 3.8) is 0 Å². The number of carbonyl (C=O) groups is 2. The summed E-state index contributed by atoms with van der Waals surface area (Å²) in [6, 6.07) is 1.37. The van der Waals surface area contributed by atoms with E-state index in [1.807, 2.05) is 0 Å². The Labute approximate surface area is 172 Å². The maximum Gasteiger partial charge on any atom is 0.407 e. The lowest BCUT2D eigenvalue weighted by Crippen LogP contribution is -2.41. The second-order valence-corrected chi connectivity index (χ2v) is 13.9. The molecule has 0 fully saturated rings. The van der Waals surface area contributed by atoms with Crippen molar-refractivity contribution >= 4 is 20.4 Å². The first kappa shape index (κ1) is 23.3. The van der Waals surface area contributed by atoms with Crippen LogP contribution in [0.25, 0.3) is 0 Å². The first-order valence-corrected chi connectivity index (χ1v) is 12.8. The topological polar surface area (TPSA) is 120 Å². The maximum absolute atomic E-state index is 11.4. The van der Waals surface area contributed by atoms with Crippen molar-refractivity contribution in [1.29, 1.82) is 0 Å². The molecule has 1 atom stereocenters. The minimum absolute atomic E-state index is 0.102. The molecule has 0 saturated carbocycles. The van der Waals surface area contributed by atoms with Gasteiger partial charge in [-0.05, 0) is 48.2 Å². The zero-order chi connectivity index (χ0) is 22.0. The summed E-state index contributed by atoms with van der Waals surface area (Å²) in [6.07, 6.45) is -0.591. The quantitative estimate of drug-likeness (QED) is 0.451. The van der Waals surface area contributed by atoms with Gasteiger partial charge >= 0.3 is 12.1 Å². The van der Waals surface area contributed by atoms with Crippen LogP contribution >= 0.6 is 0 Å². The number of carboxylic acids is 1. The third-order valence-electron chi connectivity index (χ3n) is 5.95. The number of fused-ring (bicyclic) bond motifs is 1. The lowest BCUT2D eigenvalue weighted by atomic mass is 9.93. The SMILES string of the molecule is CC(C)(C)[Si](C)(C)OCCCC(O)c1cc(C(=O)O)nc2c1CN(C(=O)O)CC2. The lowest BCUT2D eigenvalue weighted by Gasteiger charge is -2.36. The number of pyridine rings is 1. The maximum atomic E-state index is 11.4. The number of aromatic nitrogens is 1. The Morgan fingerprint density at radius 3 is 2.52 bits per heavy atom. The van der Waals surface area contributed by atoms with E-state index in [1.165, 1.54) is 11.0 Å². The van der Waals surface area contributed by atoms with Crippen molar-refractivity contribution in [3.8, 4) is 0 Å². The zero-order valence-electron chi connectivity index (χ0n) is 17.9. The van der Waals surface area contributed by atoms with Crippen molar-refractivity contribution in [2.45, 2.75) is 70.8 Å². The van der Waals surface area contributed by atoms with E-state index in [4.69, 9.17) is 4.43 Å². The molecule has 1 aromatic heterocycles. The standard InChI is InChI=1S/C20H32N2O6Si/c1-20(2,3)29(4,5)28-10-6-7-17(23)13-11-16(18(24)25)21-15-8-9-22(19(26)27)12-14(13)15/h11,17,23H,6-10,12H2,1-5H3,(H,24,25)(H,26,27). The average Bonchev–Trinajstić information content (AvgIpc) is 2.62. The van der Waals surface area contributed by atoms with E-state index in [2.05, 4.69) is 38.8 Å². The molecule has 0 radical (unpaired) electrons. The number of aliphatic hydroxyl groups excluding tert-OH is 1. The second kappa shape index (κ2) is 8.81.